The molecule has 0 aliphatic carbocycles. The molecule has 0 aromatic rings. The molecule has 0 aliphatic rings. The van der Waals surface area contributed by atoms with E-state index in [0.29, 0.717) is 19.3 Å². The Morgan fingerprint density at radius 2 is 0.672 bits per heavy atom. The highest BCUT2D eigenvalue weighted by Crippen LogP contribution is 2.13. The lowest BCUT2D eigenvalue weighted by Crippen LogP contribution is -2.30. The smallest absolute Gasteiger partial charge is 0.306 e. The van der Waals surface area contributed by atoms with Crippen molar-refractivity contribution in [1.29, 1.82) is 0 Å². The Bertz CT molecular complexity index is 1440. The van der Waals surface area contributed by atoms with Gasteiger partial charge in [0, 0.05) is 19.3 Å². The summed E-state index contributed by atoms with van der Waals surface area (Å²) in [5.74, 6) is -1.02. The van der Waals surface area contributed by atoms with Crippen molar-refractivity contribution in [3.05, 3.63) is 122 Å². The van der Waals surface area contributed by atoms with Gasteiger partial charge >= 0.3 is 17.9 Å². The van der Waals surface area contributed by atoms with Crippen molar-refractivity contribution in [2.75, 3.05) is 13.2 Å². The Morgan fingerprint density at radius 1 is 0.328 bits per heavy atom. The van der Waals surface area contributed by atoms with Crippen molar-refractivity contribution in [2.45, 2.75) is 232 Å². The minimum atomic E-state index is -0.826. The van der Waals surface area contributed by atoms with Crippen LogP contribution in [0.15, 0.2) is 122 Å². The fourth-order valence-electron chi connectivity index (χ4n) is 7.01. The van der Waals surface area contributed by atoms with Crippen molar-refractivity contribution >= 4 is 17.9 Å². The number of hydrogen-bond acceptors (Lipinski definition) is 6. The Morgan fingerprint density at radius 3 is 1.15 bits per heavy atom. The molecule has 0 amide bonds. The van der Waals surface area contributed by atoms with Gasteiger partial charge in [-0.15, -0.1) is 0 Å². The van der Waals surface area contributed by atoms with Crippen molar-refractivity contribution in [2.24, 2.45) is 0 Å². The van der Waals surface area contributed by atoms with Gasteiger partial charge in [-0.05, 0) is 103 Å². The van der Waals surface area contributed by atoms with Crippen LogP contribution in [-0.2, 0) is 28.6 Å². The second kappa shape index (κ2) is 54.4. The molecule has 1 atom stereocenters. The van der Waals surface area contributed by atoms with Gasteiger partial charge in [0.2, 0.25) is 0 Å². The first kappa shape index (κ1) is 62.8. The number of esters is 3. The molecule has 0 heterocycles. The number of hydrogen-bond donors (Lipinski definition) is 0. The molecule has 0 aliphatic heterocycles. The lowest BCUT2D eigenvalue weighted by Gasteiger charge is -2.18. The normalized spacial score (nSPS) is 13.1. The average Bonchev–Trinajstić information content (AvgIpc) is 3.33. The van der Waals surface area contributed by atoms with Crippen LogP contribution in [0.4, 0.5) is 0 Å². The summed E-state index contributed by atoms with van der Waals surface area (Å²) in [5.41, 5.74) is 0. The summed E-state index contributed by atoms with van der Waals surface area (Å²) in [6, 6.07) is 0. The maximum absolute atomic E-state index is 12.8. The Balaban J connectivity index is 4.51. The van der Waals surface area contributed by atoms with Gasteiger partial charge in [-0.2, -0.15) is 0 Å². The van der Waals surface area contributed by atoms with Gasteiger partial charge in [-0.25, -0.2) is 0 Å². The molecule has 0 aromatic heterocycles. The van der Waals surface area contributed by atoms with Gasteiger partial charge in [0.1, 0.15) is 13.2 Å². The minimum Gasteiger partial charge on any atom is -0.462 e. The van der Waals surface area contributed by atoms with Gasteiger partial charge in [0.25, 0.3) is 0 Å². The van der Waals surface area contributed by atoms with Crippen LogP contribution in [0.1, 0.15) is 226 Å². The maximum Gasteiger partial charge on any atom is 0.306 e. The molecule has 1 unspecified atom stereocenters. The summed E-state index contributed by atoms with van der Waals surface area (Å²) >= 11 is 0. The highest BCUT2D eigenvalue weighted by atomic mass is 16.6. The van der Waals surface area contributed by atoms with E-state index in [1.165, 1.54) is 83.5 Å². The number of carbonyl (C=O) groups excluding carboxylic acids is 3. The van der Waals surface area contributed by atoms with Crippen molar-refractivity contribution in [3.8, 4) is 0 Å². The van der Waals surface area contributed by atoms with Crippen LogP contribution in [-0.4, -0.2) is 37.2 Å². The van der Waals surface area contributed by atoms with E-state index in [2.05, 4.69) is 106 Å². The lowest BCUT2D eigenvalue weighted by molar-refractivity contribution is -0.167. The zero-order chi connectivity index (χ0) is 48.6. The SMILES string of the molecule is CC\C=C/C=C\C=C/C=C\CCCCCC(=O)OCC(COC(=O)CCCCCCCCCCC/C=C\C/C=C\C/C=C\CC)OC(=O)CCC/C=C\C/C=C\C/C=C\CCCCCCCC. The topological polar surface area (TPSA) is 78.9 Å². The fourth-order valence-corrected chi connectivity index (χ4v) is 7.01. The third-order valence-electron chi connectivity index (χ3n) is 11.0. The maximum atomic E-state index is 12.8. The standard InChI is InChI=1S/C61H98O6/c1-4-7-10-13-16-19-22-25-27-29-30-32-33-36-39-42-45-48-51-54-60(63)66-57-58(56-65-59(62)53-50-47-44-41-38-35-24-21-18-15-12-9-6-3)67-61(64)55-52-49-46-43-40-37-34-31-28-26-23-20-17-14-11-8-5-2/h7,9-10,12,15-16,18-19,21,24-28,34-35,37-38,43,46,58H,4-6,8,11,13-14,17,20,22-23,29-33,36,39-42,44-45,47-57H2,1-3H3/b10-7-,12-9-,18-15-,19-16-,24-21-,27-25-,28-26-,37-34-,38-35-,46-43-. The predicted octanol–water partition coefficient (Wildman–Crippen LogP) is 18.1. The van der Waals surface area contributed by atoms with Crippen LogP contribution < -0.4 is 0 Å². The van der Waals surface area contributed by atoms with E-state index in [1.807, 2.05) is 36.5 Å². The molecule has 6 nitrogen and oxygen atoms in total. The number of allylic oxidation sites excluding steroid dienone is 20. The lowest BCUT2D eigenvalue weighted by atomic mass is 10.1. The van der Waals surface area contributed by atoms with E-state index in [9.17, 15) is 14.4 Å². The number of unbranched alkanes of at least 4 members (excludes halogenated alkanes) is 19. The second-order valence-corrected chi connectivity index (χ2v) is 17.5. The van der Waals surface area contributed by atoms with E-state index in [0.717, 1.165) is 96.3 Å². The minimum absolute atomic E-state index is 0.117. The molecule has 0 bridgehead atoms. The zero-order valence-electron chi connectivity index (χ0n) is 43.1. The monoisotopic (exact) mass is 927 g/mol. The van der Waals surface area contributed by atoms with Crippen LogP contribution in [0.25, 0.3) is 0 Å². The van der Waals surface area contributed by atoms with Crippen LogP contribution in [0.3, 0.4) is 0 Å². The predicted molar refractivity (Wildman–Crippen MR) is 288 cm³/mol. The summed E-state index contributed by atoms with van der Waals surface area (Å²) in [4.78, 5) is 38.0. The van der Waals surface area contributed by atoms with Crippen molar-refractivity contribution in [1.82, 2.24) is 0 Å². The van der Waals surface area contributed by atoms with E-state index < -0.39 is 6.10 Å². The number of ether oxygens (including phenoxy) is 3. The van der Waals surface area contributed by atoms with Crippen LogP contribution in [0, 0.1) is 0 Å². The Labute approximate surface area is 412 Å². The Kier molecular flexibility index (Phi) is 51.0. The first-order valence-electron chi connectivity index (χ1n) is 27.1. The molecule has 0 aromatic carbocycles. The molecule has 0 saturated heterocycles. The van der Waals surface area contributed by atoms with Crippen LogP contribution >= 0.6 is 0 Å². The van der Waals surface area contributed by atoms with Crippen molar-refractivity contribution < 1.29 is 28.6 Å². The number of rotatable bonds is 47. The average molecular weight is 927 g/mol. The quantitative estimate of drug-likeness (QED) is 0.0199. The first-order valence-corrected chi connectivity index (χ1v) is 27.1. The molecular formula is C61H98O6. The van der Waals surface area contributed by atoms with E-state index >= 15 is 0 Å². The number of carbonyl (C=O) groups is 3. The van der Waals surface area contributed by atoms with E-state index in [4.69, 9.17) is 14.2 Å². The van der Waals surface area contributed by atoms with Crippen LogP contribution in [0.5, 0.6) is 0 Å². The summed E-state index contributed by atoms with van der Waals surface area (Å²) in [6.07, 6.45) is 74.8. The molecule has 0 N–H and O–H groups in total. The molecule has 0 fully saturated rings. The van der Waals surface area contributed by atoms with E-state index in [-0.39, 0.29) is 37.5 Å². The summed E-state index contributed by atoms with van der Waals surface area (Å²) in [5, 5.41) is 0. The second-order valence-electron chi connectivity index (χ2n) is 17.5. The summed E-state index contributed by atoms with van der Waals surface area (Å²) in [6.45, 7) is 6.29. The highest BCUT2D eigenvalue weighted by Gasteiger charge is 2.19. The van der Waals surface area contributed by atoms with Gasteiger partial charge in [-0.3, -0.25) is 14.4 Å². The molecule has 0 rings (SSSR count). The Hall–Kier alpha value is -4.19. The van der Waals surface area contributed by atoms with Gasteiger partial charge < -0.3 is 14.2 Å². The highest BCUT2D eigenvalue weighted by molar-refractivity contribution is 5.71. The van der Waals surface area contributed by atoms with Gasteiger partial charge in [0.15, 0.2) is 6.10 Å². The largest absolute Gasteiger partial charge is 0.462 e. The molecule has 6 heteroatoms. The van der Waals surface area contributed by atoms with Crippen molar-refractivity contribution in [3.63, 3.8) is 0 Å². The third-order valence-corrected chi connectivity index (χ3v) is 11.0. The molecule has 378 valence electrons. The molecule has 67 heavy (non-hydrogen) atoms. The van der Waals surface area contributed by atoms with Gasteiger partial charge in [-0.1, -0.05) is 226 Å². The molecular weight excluding hydrogens is 829 g/mol. The zero-order valence-corrected chi connectivity index (χ0v) is 43.1. The van der Waals surface area contributed by atoms with Gasteiger partial charge in [0.05, 0.1) is 0 Å². The summed E-state index contributed by atoms with van der Waals surface area (Å²) in [7, 11) is 0. The molecule has 0 spiro atoms. The molecule has 0 radical (unpaired) electrons. The first-order chi connectivity index (χ1) is 33.0. The van der Waals surface area contributed by atoms with E-state index in [1.54, 1.807) is 0 Å². The molecule has 0 saturated carbocycles. The third kappa shape index (κ3) is 52.6. The fraction of sp³-hybridized carbons (Fsp3) is 0.623. The van der Waals surface area contributed by atoms with Crippen LogP contribution in [0.2, 0.25) is 0 Å². The summed E-state index contributed by atoms with van der Waals surface area (Å²) < 4.78 is 16.7.